The van der Waals surface area contributed by atoms with Crippen molar-refractivity contribution in [3.63, 3.8) is 0 Å². The maximum Gasteiger partial charge on any atom is 0.115 e. The minimum atomic E-state index is 0.804. The molecule has 1 aromatic rings. The fourth-order valence-electron chi connectivity index (χ4n) is 1.48. The van der Waals surface area contributed by atoms with Gasteiger partial charge in [0.15, 0.2) is 0 Å². The van der Waals surface area contributed by atoms with Crippen molar-refractivity contribution in [1.29, 1.82) is 0 Å². The molecule has 0 bridgehead atoms. The lowest BCUT2D eigenvalue weighted by Crippen LogP contribution is -2.16. The Bertz CT molecular complexity index is 328. The van der Waals surface area contributed by atoms with Gasteiger partial charge in [0.05, 0.1) is 0 Å². The van der Waals surface area contributed by atoms with Gasteiger partial charge in [-0.05, 0) is 38.3 Å². The van der Waals surface area contributed by atoms with E-state index >= 15 is 0 Å². The summed E-state index contributed by atoms with van der Waals surface area (Å²) in [5.74, 6) is 0. The van der Waals surface area contributed by atoms with Crippen LogP contribution in [0.4, 0.5) is 0 Å². The highest BCUT2D eigenvalue weighted by molar-refractivity contribution is 5.61. The lowest BCUT2D eigenvalue weighted by atomic mass is 10.1. The standard InChI is InChI=1S/C12H17N3/c1-10(11-7-13-9-14-8-11)3-2-6-15-12-4-5-12/h3,7-9,12,15H,2,4-6H2,1H3. The summed E-state index contributed by atoms with van der Waals surface area (Å²) in [6.07, 6.45) is 11.3. The number of hydrogen-bond acceptors (Lipinski definition) is 3. The van der Waals surface area contributed by atoms with Gasteiger partial charge in [-0.2, -0.15) is 0 Å². The molecule has 3 heteroatoms. The first-order chi connectivity index (χ1) is 7.36. The minimum absolute atomic E-state index is 0.804. The smallest absolute Gasteiger partial charge is 0.115 e. The molecule has 0 unspecified atom stereocenters. The summed E-state index contributed by atoms with van der Waals surface area (Å²) in [4.78, 5) is 8.01. The van der Waals surface area contributed by atoms with E-state index in [2.05, 4.69) is 28.3 Å². The van der Waals surface area contributed by atoms with Crippen molar-refractivity contribution in [3.8, 4) is 0 Å². The number of nitrogens with zero attached hydrogens (tertiary/aromatic N) is 2. The molecule has 1 aliphatic carbocycles. The van der Waals surface area contributed by atoms with Crippen molar-refractivity contribution in [3.05, 3.63) is 30.4 Å². The van der Waals surface area contributed by atoms with Gasteiger partial charge in [-0.25, -0.2) is 9.97 Å². The van der Waals surface area contributed by atoms with Crippen LogP contribution >= 0.6 is 0 Å². The van der Waals surface area contributed by atoms with Crippen LogP contribution in [0.1, 0.15) is 31.7 Å². The molecule has 2 rings (SSSR count). The van der Waals surface area contributed by atoms with E-state index in [1.165, 1.54) is 18.4 Å². The topological polar surface area (TPSA) is 37.8 Å². The molecule has 0 saturated heterocycles. The number of hydrogen-bond donors (Lipinski definition) is 1. The predicted molar refractivity (Wildman–Crippen MR) is 61.3 cm³/mol. The first-order valence-electron chi connectivity index (χ1n) is 5.52. The summed E-state index contributed by atoms with van der Waals surface area (Å²) in [6.45, 7) is 3.19. The maximum absolute atomic E-state index is 4.00. The maximum atomic E-state index is 4.00. The van der Waals surface area contributed by atoms with E-state index in [4.69, 9.17) is 0 Å². The first kappa shape index (κ1) is 10.3. The van der Waals surface area contributed by atoms with Gasteiger partial charge < -0.3 is 5.32 Å². The molecule has 0 aliphatic heterocycles. The molecule has 1 aromatic heterocycles. The lowest BCUT2D eigenvalue weighted by Gasteiger charge is -2.01. The van der Waals surface area contributed by atoms with E-state index < -0.39 is 0 Å². The fourth-order valence-corrected chi connectivity index (χ4v) is 1.48. The van der Waals surface area contributed by atoms with Crippen LogP contribution in [0.25, 0.3) is 5.57 Å². The molecule has 1 fully saturated rings. The Morgan fingerprint density at radius 1 is 1.47 bits per heavy atom. The van der Waals surface area contributed by atoms with Gasteiger partial charge >= 0.3 is 0 Å². The van der Waals surface area contributed by atoms with Crippen LogP contribution in [-0.2, 0) is 0 Å². The summed E-state index contributed by atoms with van der Waals surface area (Å²) < 4.78 is 0. The largest absolute Gasteiger partial charge is 0.314 e. The minimum Gasteiger partial charge on any atom is -0.314 e. The second-order valence-electron chi connectivity index (χ2n) is 4.03. The van der Waals surface area contributed by atoms with Gasteiger partial charge in [0.2, 0.25) is 0 Å². The highest BCUT2D eigenvalue weighted by Crippen LogP contribution is 2.18. The van der Waals surface area contributed by atoms with Crippen molar-refractivity contribution < 1.29 is 0 Å². The number of allylic oxidation sites excluding steroid dienone is 1. The van der Waals surface area contributed by atoms with E-state index in [1.54, 1.807) is 6.33 Å². The van der Waals surface area contributed by atoms with Crippen LogP contribution in [0.5, 0.6) is 0 Å². The number of aromatic nitrogens is 2. The summed E-state index contributed by atoms with van der Waals surface area (Å²) in [7, 11) is 0. The van der Waals surface area contributed by atoms with E-state index in [-0.39, 0.29) is 0 Å². The molecule has 3 nitrogen and oxygen atoms in total. The Labute approximate surface area is 90.6 Å². The second kappa shape index (κ2) is 5.03. The average Bonchev–Trinajstić information content (AvgIpc) is 3.09. The summed E-state index contributed by atoms with van der Waals surface area (Å²) in [5.41, 5.74) is 2.37. The van der Waals surface area contributed by atoms with Crippen molar-refractivity contribution >= 4 is 5.57 Å². The number of nitrogens with one attached hydrogen (secondary N) is 1. The molecule has 1 heterocycles. The lowest BCUT2D eigenvalue weighted by molar-refractivity contribution is 0.690. The first-order valence-corrected chi connectivity index (χ1v) is 5.52. The molecule has 0 atom stereocenters. The van der Waals surface area contributed by atoms with E-state index in [0.717, 1.165) is 24.6 Å². The van der Waals surface area contributed by atoms with Gasteiger partial charge in [-0.15, -0.1) is 0 Å². The second-order valence-corrected chi connectivity index (χ2v) is 4.03. The zero-order valence-electron chi connectivity index (χ0n) is 9.11. The molecule has 0 spiro atoms. The van der Waals surface area contributed by atoms with Crippen LogP contribution in [0.2, 0.25) is 0 Å². The van der Waals surface area contributed by atoms with E-state index in [9.17, 15) is 0 Å². The third kappa shape index (κ3) is 3.44. The number of rotatable bonds is 5. The molecule has 0 amide bonds. The van der Waals surface area contributed by atoms with Gasteiger partial charge in [-0.3, -0.25) is 0 Å². The molecular weight excluding hydrogens is 186 g/mol. The van der Waals surface area contributed by atoms with Gasteiger partial charge in [0.1, 0.15) is 6.33 Å². The van der Waals surface area contributed by atoms with E-state index in [0.29, 0.717) is 0 Å². The Morgan fingerprint density at radius 3 is 2.87 bits per heavy atom. The highest BCUT2D eigenvalue weighted by atomic mass is 14.9. The third-order valence-corrected chi connectivity index (χ3v) is 2.62. The van der Waals surface area contributed by atoms with Crippen molar-refractivity contribution in [2.24, 2.45) is 0 Å². The average molecular weight is 203 g/mol. The molecule has 80 valence electrons. The molecular formula is C12H17N3. The Morgan fingerprint density at radius 2 is 2.20 bits per heavy atom. The predicted octanol–water partition coefficient (Wildman–Crippen LogP) is 2.02. The molecule has 1 aliphatic rings. The van der Waals surface area contributed by atoms with E-state index in [1.807, 2.05) is 12.4 Å². The quantitative estimate of drug-likeness (QED) is 0.744. The van der Waals surface area contributed by atoms with Crippen LogP contribution < -0.4 is 5.32 Å². The van der Waals surface area contributed by atoms with Crippen LogP contribution in [0.3, 0.4) is 0 Å². The van der Waals surface area contributed by atoms with Crippen LogP contribution in [0, 0.1) is 0 Å². The summed E-state index contributed by atoms with van der Waals surface area (Å²) in [6, 6.07) is 0.804. The molecule has 0 aromatic carbocycles. The zero-order chi connectivity index (χ0) is 10.5. The highest BCUT2D eigenvalue weighted by Gasteiger charge is 2.19. The Balaban J connectivity index is 1.78. The monoisotopic (exact) mass is 203 g/mol. The molecule has 1 N–H and O–H groups in total. The van der Waals surface area contributed by atoms with Crippen molar-refractivity contribution in [2.45, 2.75) is 32.2 Å². The van der Waals surface area contributed by atoms with Gasteiger partial charge in [-0.1, -0.05) is 6.08 Å². The van der Waals surface area contributed by atoms with Crippen LogP contribution in [-0.4, -0.2) is 22.6 Å². The van der Waals surface area contributed by atoms with Crippen molar-refractivity contribution in [2.75, 3.05) is 6.54 Å². The summed E-state index contributed by atoms with van der Waals surface area (Å²) in [5, 5.41) is 3.49. The normalized spacial score (nSPS) is 16.7. The van der Waals surface area contributed by atoms with Gasteiger partial charge in [0, 0.05) is 24.0 Å². The third-order valence-electron chi connectivity index (χ3n) is 2.62. The molecule has 1 saturated carbocycles. The SMILES string of the molecule is CC(=CCCNC1CC1)c1cncnc1. The summed E-state index contributed by atoms with van der Waals surface area (Å²) >= 11 is 0. The zero-order valence-corrected chi connectivity index (χ0v) is 9.11. The molecule has 0 radical (unpaired) electrons. The fraction of sp³-hybridized carbons (Fsp3) is 0.500. The van der Waals surface area contributed by atoms with Crippen LogP contribution in [0.15, 0.2) is 24.8 Å². The molecule has 15 heavy (non-hydrogen) atoms. The Hall–Kier alpha value is -1.22. The van der Waals surface area contributed by atoms with Gasteiger partial charge in [0.25, 0.3) is 0 Å². The Kier molecular flexibility index (Phi) is 3.45. The van der Waals surface area contributed by atoms with Crippen molar-refractivity contribution in [1.82, 2.24) is 15.3 Å².